The normalized spacial score (nSPS) is 25.9. The molecule has 2 heterocycles. The van der Waals surface area contributed by atoms with E-state index in [0.29, 0.717) is 18.8 Å². The summed E-state index contributed by atoms with van der Waals surface area (Å²) in [6.07, 6.45) is 2.90. The molecule has 3 N–H and O–H groups in total. The average Bonchev–Trinajstić information content (AvgIpc) is 2.88. The van der Waals surface area contributed by atoms with Gasteiger partial charge in [0.15, 0.2) is 0 Å². The average molecular weight is 226 g/mol. The molecule has 1 aliphatic rings. The van der Waals surface area contributed by atoms with Gasteiger partial charge in [-0.05, 0) is 24.3 Å². The summed E-state index contributed by atoms with van der Waals surface area (Å²) in [4.78, 5) is 1.38. The van der Waals surface area contributed by atoms with Gasteiger partial charge in [-0.15, -0.1) is 11.3 Å². The van der Waals surface area contributed by atoms with Gasteiger partial charge >= 0.3 is 0 Å². The third kappa shape index (κ3) is 3.28. The first-order valence-electron chi connectivity index (χ1n) is 5.47. The van der Waals surface area contributed by atoms with Crippen LogP contribution in [-0.2, 0) is 11.3 Å². The zero-order valence-electron chi connectivity index (χ0n) is 8.82. The third-order valence-corrected chi connectivity index (χ3v) is 3.59. The first kappa shape index (κ1) is 11.1. The van der Waals surface area contributed by atoms with Crippen molar-refractivity contribution < 1.29 is 4.74 Å². The van der Waals surface area contributed by atoms with E-state index in [2.05, 4.69) is 22.8 Å². The van der Waals surface area contributed by atoms with Gasteiger partial charge in [-0.1, -0.05) is 6.07 Å². The van der Waals surface area contributed by atoms with Gasteiger partial charge in [0.2, 0.25) is 0 Å². The molecule has 0 aliphatic carbocycles. The lowest BCUT2D eigenvalue weighted by Crippen LogP contribution is -2.28. The van der Waals surface area contributed by atoms with Crippen LogP contribution in [0.1, 0.15) is 17.7 Å². The highest BCUT2D eigenvalue weighted by molar-refractivity contribution is 7.09. The molecule has 1 aliphatic heterocycles. The number of rotatable bonds is 5. The van der Waals surface area contributed by atoms with E-state index < -0.39 is 0 Å². The van der Waals surface area contributed by atoms with Gasteiger partial charge in [-0.3, -0.25) is 0 Å². The van der Waals surface area contributed by atoms with Gasteiger partial charge in [-0.25, -0.2) is 0 Å². The van der Waals surface area contributed by atoms with Crippen LogP contribution in [0.4, 0.5) is 0 Å². The lowest BCUT2D eigenvalue weighted by Gasteiger charge is -2.12. The van der Waals surface area contributed by atoms with Crippen LogP contribution in [-0.4, -0.2) is 25.3 Å². The minimum absolute atomic E-state index is 0.290. The standard InChI is InChI=1S/C11H18N2OS/c12-6-9-3-4-10(14-9)7-13-8-11-2-1-5-15-11/h1-2,5,9-10,13H,3-4,6-8,12H2. The summed E-state index contributed by atoms with van der Waals surface area (Å²) in [7, 11) is 0. The largest absolute Gasteiger partial charge is 0.372 e. The molecule has 0 radical (unpaired) electrons. The molecule has 0 amide bonds. The lowest BCUT2D eigenvalue weighted by atomic mass is 10.2. The minimum atomic E-state index is 0.290. The van der Waals surface area contributed by atoms with Crippen molar-refractivity contribution in [1.29, 1.82) is 0 Å². The van der Waals surface area contributed by atoms with Crippen molar-refractivity contribution in [3.05, 3.63) is 22.4 Å². The molecule has 2 rings (SSSR count). The van der Waals surface area contributed by atoms with Crippen LogP contribution in [0.5, 0.6) is 0 Å². The van der Waals surface area contributed by atoms with Gasteiger partial charge in [0, 0.05) is 24.5 Å². The van der Waals surface area contributed by atoms with Gasteiger partial charge < -0.3 is 15.8 Å². The second kappa shape index (κ2) is 5.61. The van der Waals surface area contributed by atoms with Crippen molar-refractivity contribution in [2.45, 2.75) is 31.6 Å². The zero-order chi connectivity index (χ0) is 10.5. The van der Waals surface area contributed by atoms with Gasteiger partial charge in [0.1, 0.15) is 0 Å². The number of ether oxygens (including phenoxy) is 1. The van der Waals surface area contributed by atoms with Crippen molar-refractivity contribution in [2.75, 3.05) is 13.1 Å². The van der Waals surface area contributed by atoms with Gasteiger partial charge in [0.25, 0.3) is 0 Å². The number of nitrogens with one attached hydrogen (secondary N) is 1. The number of nitrogens with two attached hydrogens (primary N) is 1. The van der Waals surface area contributed by atoms with Crippen molar-refractivity contribution in [3.8, 4) is 0 Å². The predicted octanol–water partition coefficient (Wildman–Crippen LogP) is 1.34. The van der Waals surface area contributed by atoms with Crippen LogP contribution in [0.15, 0.2) is 17.5 Å². The summed E-state index contributed by atoms with van der Waals surface area (Å²) in [5, 5.41) is 5.52. The minimum Gasteiger partial charge on any atom is -0.372 e. The summed E-state index contributed by atoms with van der Waals surface area (Å²) < 4.78 is 5.75. The zero-order valence-corrected chi connectivity index (χ0v) is 9.63. The lowest BCUT2D eigenvalue weighted by molar-refractivity contribution is 0.0504. The fraction of sp³-hybridized carbons (Fsp3) is 0.636. The summed E-state index contributed by atoms with van der Waals surface area (Å²) in [6, 6.07) is 4.23. The molecule has 84 valence electrons. The summed E-state index contributed by atoms with van der Waals surface area (Å²) in [5.41, 5.74) is 5.56. The van der Waals surface area contributed by atoms with Crippen molar-refractivity contribution >= 4 is 11.3 Å². The SMILES string of the molecule is NCC1CCC(CNCc2cccs2)O1. The van der Waals surface area contributed by atoms with Crippen LogP contribution in [0, 0.1) is 0 Å². The van der Waals surface area contributed by atoms with Crippen LogP contribution in [0.3, 0.4) is 0 Å². The molecule has 2 unspecified atom stereocenters. The summed E-state index contributed by atoms with van der Waals surface area (Å²) in [6.45, 7) is 2.54. The second-order valence-corrected chi connectivity index (χ2v) is 4.94. The topological polar surface area (TPSA) is 47.3 Å². The quantitative estimate of drug-likeness (QED) is 0.796. The highest BCUT2D eigenvalue weighted by Crippen LogP contribution is 2.18. The molecular weight excluding hydrogens is 208 g/mol. The molecule has 1 saturated heterocycles. The molecule has 1 aromatic rings. The van der Waals surface area contributed by atoms with E-state index in [-0.39, 0.29) is 0 Å². The Hall–Kier alpha value is -0.420. The Kier molecular flexibility index (Phi) is 4.14. The molecule has 0 bridgehead atoms. The fourth-order valence-electron chi connectivity index (χ4n) is 1.87. The first-order chi connectivity index (χ1) is 7.38. The molecule has 1 fully saturated rings. The summed E-state index contributed by atoms with van der Waals surface area (Å²) >= 11 is 1.79. The van der Waals surface area contributed by atoms with Crippen LogP contribution in [0.25, 0.3) is 0 Å². The monoisotopic (exact) mass is 226 g/mol. The smallest absolute Gasteiger partial charge is 0.0704 e. The van der Waals surface area contributed by atoms with E-state index in [9.17, 15) is 0 Å². The van der Waals surface area contributed by atoms with E-state index in [1.165, 1.54) is 4.88 Å². The Balaban J connectivity index is 1.63. The Bertz CT molecular complexity index is 276. The van der Waals surface area contributed by atoms with E-state index in [1.54, 1.807) is 11.3 Å². The second-order valence-electron chi connectivity index (χ2n) is 3.90. The highest BCUT2D eigenvalue weighted by Gasteiger charge is 2.23. The molecule has 4 heteroatoms. The molecule has 2 atom stereocenters. The third-order valence-electron chi connectivity index (χ3n) is 2.71. The Labute approximate surface area is 94.6 Å². The molecular formula is C11H18N2OS. The number of hydrogen-bond acceptors (Lipinski definition) is 4. The molecule has 0 spiro atoms. The highest BCUT2D eigenvalue weighted by atomic mass is 32.1. The number of thiophene rings is 1. The molecule has 3 nitrogen and oxygen atoms in total. The Morgan fingerprint density at radius 3 is 3.00 bits per heavy atom. The van der Waals surface area contributed by atoms with Crippen molar-refractivity contribution in [2.24, 2.45) is 5.73 Å². The number of hydrogen-bond donors (Lipinski definition) is 2. The maximum Gasteiger partial charge on any atom is 0.0704 e. The fourth-order valence-corrected chi connectivity index (χ4v) is 2.55. The van der Waals surface area contributed by atoms with Gasteiger partial charge in [-0.2, -0.15) is 0 Å². The van der Waals surface area contributed by atoms with Crippen LogP contribution >= 0.6 is 11.3 Å². The Morgan fingerprint density at radius 2 is 2.33 bits per heavy atom. The molecule has 1 aromatic heterocycles. The van der Waals surface area contributed by atoms with E-state index in [1.807, 2.05) is 0 Å². The van der Waals surface area contributed by atoms with Crippen molar-refractivity contribution in [1.82, 2.24) is 5.32 Å². The molecule has 0 saturated carbocycles. The van der Waals surface area contributed by atoms with Gasteiger partial charge in [0.05, 0.1) is 12.2 Å². The van der Waals surface area contributed by atoms with Crippen molar-refractivity contribution in [3.63, 3.8) is 0 Å². The molecule has 15 heavy (non-hydrogen) atoms. The van der Waals surface area contributed by atoms with E-state index in [0.717, 1.165) is 25.9 Å². The summed E-state index contributed by atoms with van der Waals surface area (Å²) in [5.74, 6) is 0. The predicted molar refractivity (Wildman–Crippen MR) is 63.0 cm³/mol. The van der Waals surface area contributed by atoms with Crippen LogP contribution in [0.2, 0.25) is 0 Å². The Morgan fingerprint density at radius 1 is 1.47 bits per heavy atom. The van der Waals surface area contributed by atoms with Crippen LogP contribution < -0.4 is 11.1 Å². The molecule has 0 aromatic carbocycles. The van der Waals surface area contributed by atoms with E-state index >= 15 is 0 Å². The van der Waals surface area contributed by atoms with E-state index in [4.69, 9.17) is 10.5 Å². The maximum atomic E-state index is 5.75. The first-order valence-corrected chi connectivity index (χ1v) is 6.35. The maximum absolute atomic E-state index is 5.75.